The summed E-state index contributed by atoms with van der Waals surface area (Å²) < 4.78 is 1.42. The average Bonchev–Trinajstić information content (AvgIpc) is 2.59. The van der Waals surface area contributed by atoms with E-state index in [0.29, 0.717) is 12.2 Å². The normalized spacial score (nSPS) is 10.8. The van der Waals surface area contributed by atoms with E-state index in [1.807, 2.05) is 0 Å². The highest BCUT2D eigenvalue weighted by Gasteiger charge is 2.24. The number of aliphatic carboxylic acids is 2. The topological polar surface area (TPSA) is 74.6 Å². The molecule has 0 fully saturated rings. The molecule has 0 rings (SSSR count). The van der Waals surface area contributed by atoms with Crippen LogP contribution in [0.1, 0.15) is 79.1 Å². The third-order valence-electron chi connectivity index (χ3n) is 4.31. The number of quaternary nitrogens is 1. The first-order valence-corrected chi connectivity index (χ1v) is 9.86. The summed E-state index contributed by atoms with van der Waals surface area (Å²) in [6.45, 7) is 15.0. The van der Waals surface area contributed by atoms with Crippen LogP contribution in [-0.2, 0) is 9.59 Å². The highest BCUT2D eigenvalue weighted by atomic mass is 35.5. The van der Waals surface area contributed by atoms with Crippen LogP contribution in [-0.4, -0.2) is 52.8 Å². The third kappa shape index (κ3) is 19.3. The molecule has 0 aromatic heterocycles. The number of carboxylic acid groups (broad SMARTS) is 2. The van der Waals surface area contributed by atoms with E-state index in [0.717, 1.165) is 0 Å². The lowest BCUT2D eigenvalue weighted by Gasteiger charge is -2.39. The molecule has 0 aromatic carbocycles. The second kappa shape index (κ2) is 20.2. The minimum Gasteiger partial charge on any atom is -1.00 e. The molecular weight excluding hydrogens is 354 g/mol. The number of unbranched alkanes of at least 4 members (excludes halogenated alkanes) is 4. The molecule has 0 saturated heterocycles. The number of hydrogen-bond acceptors (Lipinski definition) is 2. The van der Waals surface area contributed by atoms with E-state index >= 15 is 0 Å². The number of halogens is 1. The summed E-state index contributed by atoms with van der Waals surface area (Å²) in [7, 11) is 0. The first-order chi connectivity index (χ1) is 11.9. The van der Waals surface area contributed by atoms with Crippen molar-refractivity contribution in [3.8, 4) is 0 Å². The summed E-state index contributed by atoms with van der Waals surface area (Å²) >= 11 is 0. The van der Waals surface area contributed by atoms with Gasteiger partial charge in [0.05, 0.1) is 26.2 Å². The Kier molecular flexibility index (Phi) is 23.1. The van der Waals surface area contributed by atoms with Gasteiger partial charge >= 0.3 is 11.9 Å². The molecule has 0 aliphatic rings. The fraction of sp³-hybridized carbons (Fsp3) is 0.800. The molecule has 0 saturated carbocycles. The quantitative estimate of drug-likeness (QED) is 0.348. The predicted molar refractivity (Wildman–Crippen MR) is 104 cm³/mol. The maximum Gasteiger partial charge on any atom is 0.328 e. The minimum atomic E-state index is -1.26. The maximum atomic E-state index is 9.55. The Balaban J connectivity index is -0.000000498. The van der Waals surface area contributed by atoms with Crippen LogP contribution in [0, 0.1) is 0 Å². The summed E-state index contributed by atoms with van der Waals surface area (Å²) in [6, 6.07) is 0. The van der Waals surface area contributed by atoms with Gasteiger partial charge < -0.3 is 27.1 Å². The highest BCUT2D eigenvalue weighted by Crippen LogP contribution is 2.16. The van der Waals surface area contributed by atoms with Crippen LogP contribution in [0.15, 0.2) is 12.2 Å². The van der Waals surface area contributed by atoms with Gasteiger partial charge in [0.1, 0.15) is 0 Å². The van der Waals surface area contributed by atoms with E-state index in [1.54, 1.807) is 0 Å². The fourth-order valence-electron chi connectivity index (χ4n) is 2.79. The number of hydrogen-bond donors (Lipinski definition) is 2. The van der Waals surface area contributed by atoms with Crippen LogP contribution in [0.2, 0.25) is 0 Å². The Hall–Kier alpha value is -1.07. The summed E-state index contributed by atoms with van der Waals surface area (Å²) in [5.74, 6) is -2.51. The van der Waals surface area contributed by atoms with E-state index < -0.39 is 11.9 Å². The number of rotatable bonds is 14. The summed E-state index contributed by atoms with van der Waals surface area (Å²) in [5.41, 5.74) is 0. The van der Waals surface area contributed by atoms with Crippen LogP contribution in [0.5, 0.6) is 0 Å². The monoisotopic (exact) mass is 393 g/mol. The average molecular weight is 394 g/mol. The Morgan fingerprint density at radius 3 is 1.04 bits per heavy atom. The molecular formula is C20H40ClNO4. The second-order valence-corrected chi connectivity index (χ2v) is 6.66. The van der Waals surface area contributed by atoms with E-state index in [2.05, 4.69) is 27.7 Å². The Bertz CT molecular complexity index is 319. The van der Waals surface area contributed by atoms with Crippen molar-refractivity contribution >= 4 is 11.9 Å². The molecule has 0 aliphatic carbocycles. The van der Waals surface area contributed by atoms with E-state index in [9.17, 15) is 9.59 Å². The molecule has 0 atom stereocenters. The van der Waals surface area contributed by atoms with Gasteiger partial charge in [-0.25, -0.2) is 9.59 Å². The summed E-state index contributed by atoms with van der Waals surface area (Å²) in [6.07, 6.45) is 12.2. The van der Waals surface area contributed by atoms with Crippen molar-refractivity contribution in [2.45, 2.75) is 79.1 Å². The Labute approximate surface area is 166 Å². The largest absolute Gasteiger partial charge is 1.00 e. The molecule has 0 aromatic rings. The zero-order chi connectivity index (χ0) is 19.6. The molecule has 0 bridgehead atoms. The molecule has 2 N–H and O–H groups in total. The molecule has 0 spiro atoms. The SMILES string of the molecule is CCCC[N+](CCCC)(CCCC)CCCC.O=C(O)/C=C\C(=O)O.[Cl-]. The summed E-state index contributed by atoms with van der Waals surface area (Å²) in [4.78, 5) is 19.1. The minimum absolute atomic E-state index is 0. The molecule has 0 aliphatic heterocycles. The second-order valence-electron chi connectivity index (χ2n) is 6.66. The predicted octanol–water partition coefficient (Wildman–Crippen LogP) is 1.72. The Morgan fingerprint density at radius 1 is 0.654 bits per heavy atom. The smallest absolute Gasteiger partial charge is 0.328 e. The van der Waals surface area contributed by atoms with Gasteiger partial charge in [-0.05, 0) is 25.7 Å². The number of nitrogens with zero attached hydrogens (tertiary/aromatic N) is 1. The fourth-order valence-corrected chi connectivity index (χ4v) is 2.79. The molecule has 0 heterocycles. The van der Waals surface area contributed by atoms with Crippen molar-refractivity contribution in [3.63, 3.8) is 0 Å². The number of carbonyl (C=O) groups is 2. The molecule has 0 radical (unpaired) electrons. The van der Waals surface area contributed by atoms with Crippen LogP contribution >= 0.6 is 0 Å². The Morgan fingerprint density at radius 2 is 0.885 bits per heavy atom. The van der Waals surface area contributed by atoms with Gasteiger partial charge in [0.15, 0.2) is 0 Å². The van der Waals surface area contributed by atoms with Gasteiger partial charge in [-0.3, -0.25) is 0 Å². The maximum absolute atomic E-state index is 9.55. The van der Waals surface area contributed by atoms with Gasteiger partial charge in [-0.2, -0.15) is 0 Å². The first-order valence-electron chi connectivity index (χ1n) is 9.86. The van der Waals surface area contributed by atoms with Gasteiger partial charge in [-0.15, -0.1) is 0 Å². The molecule has 156 valence electrons. The van der Waals surface area contributed by atoms with Crippen molar-refractivity contribution in [3.05, 3.63) is 12.2 Å². The first kappa shape index (κ1) is 29.7. The lowest BCUT2D eigenvalue weighted by atomic mass is 10.1. The van der Waals surface area contributed by atoms with E-state index in [-0.39, 0.29) is 12.4 Å². The molecule has 0 unspecified atom stereocenters. The van der Waals surface area contributed by atoms with E-state index in [4.69, 9.17) is 10.2 Å². The standard InChI is InChI=1S/C16H36N.C4H4O4.ClH/c1-5-9-13-17(14-10-6-2,15-11-7-3)16-12-8-4;5-3(6)1-2-4(7)8;/h5-16H2,1-4H3;1-2H,(H,5,6)(H,7,8);1H/q+1;;/p-1/b;2-1-;. The van der Waals surface area contributed by atoms with Crippen molar-refractivity contribution in [2.24, 2.45) is 0 Å². The molecule has 0 amide bonds. The van der Waals surface area contributed by atoms with Crippen LogP contribution in [0.4, 0.5) is 0 Å². The van der Waals surface area contributed by atoms with Gasteiger partial charge in [0, 0.05) is 12.2 Å². The van der Waals surface area contributed by atoms with Crippen LogP contribution in [0.3, 0.4) is 0 Å². The van der Waals surface area contributed by atoms with Crippen molar-refractivity contribution in [1.82, 2.24) is 0 Å². The molecule has 26 heavy (non-hydrogen) atoms. The lowest BCUT2D eigenvalue weighted by Crippen LogP contribution is -3.00. The molecule has 5 nitrogen and oxygen atoms in total. The van der Waals surface area contributed by atoms with E-state index in [1.165, 1.54) is 82.0 Å². The summed E-state index contributed by atoms with van der Waals surface area (Å²) in [5, 5.41) is 15.6. The van der Waals surface area contributed by atoms with Gasteiger partial charge in [0.25, 0.3) is 0 Å². The van der Waals surface area contributed by atoms with Crippen molar-refractivity contribution in [2.75, 3.05) is 26.2 Å². The van der Waals surface area contributed by atoms with Gasteiger partial charge in [0.2, 0.25) is 0 Å². The highest BCUT2D eigenvalue weighted by molar-refractivity contribution is 5.89. The van der Waals surface area contributed by atoms with Gasteiger partial charge in [-0.1, -0.05) is 53.4 Å². The molecule has 6 heteroatoms. The third-order valence-corrected chi connectivity index (χ3v) is 4.31. The van der Waals surface area contributed by atoms with Crippen molar-refractivity contribution < 1.29 is 36.7 Å². The van der Waals surface area contributed by atoms with Crippen LogP contribution in [0.25, 0.3) is 0 Å². The number of carboxylic acids is 2. The lowest BCUT2D eigenvalue weighted by molar-refractivity contribution is -0.929. The zero-order valence-corrected chi connectivity index (χ0v) is 17.9. The zero-order valence-electron chi connectivity index (χ0n) is 17.2. The van der Waals surface area contributed by atoms with Crippen molar-refractivity contribution in [1.29, 1.82) is 0 Å². The van der Waals surface area contributed by atoms with Crippen LogP contribution < -0.4 is 12.4 Å².